The van der Waals surface area contributed by atoms with Crippen LogP contribution in [-0.2, 0) is 6.54 Å². The summed E-state index contributed by atoms with van der Waals surface area (Å²) in [4.78, 5) is 4.18. The lowest BCUT2D eigenvalue weighted by atomic mass is 9.89. The first-order valence-electron chi connectivity index (χ1n) is 6.00. The molecule has 0 bridgehead atoms. The molecular weight excluding hydrogens is 230 g/mol. The molecule has 2 heterocycles. The van der Waals surface area contributed by atoms with Crippen LogP contribution in [0.2, 0.25) is 0 Å². The van der Waals surface area contributed by atoms with Gasteiger partial charge in [0.2, 0.25) is 5.82 Å². The molecule has 1 unspecified atom stereocenters. The van der Waals surface area contributed by atoms with Gasteiger partial charge in [-0.3, -0.25) is 0 Å². The Kier molecular flexibility index (Phi) is 3.26. The zero-order valence-corrected chi connectivity index (χ0v) is 11.2. The molecule has 98 valence electrons. The molecule has 1 N–H and O–H groups in total. The van der Waals surface area contributed by atoms with Gasteiger partial charge in [-0.1, -0.05) is 20.8 Å². The second-order valence-corrected chi connectivity index (χ2v) is 5.58. The van der Waals surface area contributed by atoms with Crippen LogP contribution in [0.5, 0.6) is 0 Å². The van der Waals surface area contributed by atoms with Gasteiger partial charge in [0, 0.05) is 0 Å². The van der Waals surface area contributed by atoms with Gasteiger partial charge in [0.1, 0.15) is 12.1 Å². The number of aromatic nitrogens is 3. The number of furan rings is 1. The van der Waals surface area contributed by atoms with E-state index >= 15 is 0 Å². The molecule has 0 fully saturated rings. The quantitative estimate of drug-likeness (QED) is 0.906. The topological polar surface area (TPSA) is 64.1 Å². The maximum atomic E-state index is 10.0. The van der Waals surface area contributed by atoms with Crippen LogP contribution in [0.4, 0.5) is 0 Å². The zero-order valence-electron chi connectivity index (χ0n) is 11.2. The van der Waals surface area contributed by atoms with Crippen molar-refractivity contribution in [2.75, 3.05) is 0 Å². The smallest absolute Gasteiger partial charge is 0.216 e. The van der Waals surface area contributed by atoms with Crippen LogP contribution in [0.15, 0.2) is 22.9 Å². The average molecular weight is 249 g/mol. The third-order valence-corrected chi connectivity index (χ3v) is 2.86. The van der Waals surface area contributed by atoms with Gasteiger partial charge in [-0.25, -0.2) is 9.67 Å². The fourth-order valence-electron chi connectivity index (χ4n) is 1.50. The monoisotopic (exact) mass is 249 g/mol. The molecule has 0 spiro atoms. The van der Waals surface area contributed by atoms with Crippen LogP contribution in [0.25, 0.3) is 11.6 Å². The first kappa shape index (κ1) is 12.8. The predicted molar refractivity (Wildman–Crippen MR) is 67.9 cm³/mol. The molecule has 0 amide bonds. The van der Waals surface area contributed by atoms with Crippen molar-refractivity contribution in [3.05, 3.63) is 24.2 Å². The molecule has 5 nitrogen and oxygen atoms in total. The van der Waals surface area contributed by atoms with Crippen LogP contribution in [0.3, 0.4) is 0 Å². The van der Waals surface area contributed by atoms with Crippen LogP contribution in [-0.4, -0.2) is 26.0 Å². The maximum Gasteiger partial charge on any atom is 0.216 e. The van der Waals surface area contributed by atoms with Crippen molar-refractivity contribution in [3.8, 4) is 11.6 Å². The lowest BCUT2D eigenvalue weighted by Gasteiger charge is -2.25. The number of hydrogen-bond acceptors (Lipinski definition) is 4. The van der Waals surface area contributed by atoms with Crippen molar-refractivity contribution in [2.45, 2.75) is 40.3 Å². The molecule has 18 heavy (non-hydrogen) atoms. The molecule has 2 aromatic rings. The lowest BCUT2D eigenvalue weighted by Crippen LogP contribution is -2.30. The molecule has 0 aliphatic carbocycles. The van der Waals surface area contributed by atoms with Gasteiger partial charge in [-0.05, 0) is 24.5 Å². The highest BCUT2D eigenvalue weighted by molar-refractivity contribution is 5.45. The summed E-state index contributed by atoms with van der Waals surface area (Å²) >= 11 is 0. The van der Waals surface area contributed by atoms with E-state index in [4.69, 9.17) is 4.42 Å². The highest BCUT2D eigenvalue weighted by atomic mass is 16.3. The second kappa shape index (κ2) is 4.57. The number of rotatable bonds is 3. The van der Waals surface area contributed by atoms with E-state index in [0.29, 0.717) is 18.1 Å². The van der Waals surface area contributed by atoms with Crippen LogP contribution in [0, 0.1) is 12.3 Å². The molecule has 0 saturated heterocycles. The molecule has 0 radical (unpaired) electrons. The summed E-state index contributed by atoms with van der Waals surface area (Å²) in [7, 11) is 0. The third-order valence-electron chi connectivity index (χ3n) is 2.86. The lowest BCUT2D eigenvalue weighted by molar-refractivity contribution is 0.0450. The van der Waals surface area contributed by atoms with Crippen molar-refractivity contribution in [2.24, 2.45) is 5.41 Å². The Morgan fingerprint density at radius 2 is 2.11 bits per heavy atom. The first-order valence-corrected chi connectivity index (χ1v) is 6.00. The van der Waals surface area contributed by atoms with Gasteiger partial charge < -0.3 is 9.52 Å². The molecule has 0 aromatic carbocycles. The minimum atomic E-state index is -0.467. The number of hydrogen-bond donors (Lipinski definition) is 1. The van der Waals surface area contributed by atoms with E-state index in [1.54, 1.807) is 11.0 Å². The van der Waals surface area contributed by atoms with Gasteiger partial charge in [0.05, 0.1) is 12.6 Å². The van der Waals surface area contributed by atoms with E-state index < -0.39 is 6.10 Å². The molecule has 0 aliphatic heterocycles. The van der Waals surface area contributed by atoms with Crippen LogP contribution >= 0.6 is 0 Å². The van der Waals surface area contributed by atoms with Crippen molar-refractivity contribution < 1.29 is 9.52 Å². The Hall–Kier alpha value is -1.62. The van der Waals surface area contributed by atoms with E-state index in [1.165, 1.54) is 0 Å². The number of aryl methyl sites for hydroxylation is 1. The van der Waals surface area contributed by atoms with Gasteiger partial charge >= 0.3 is 0 Å². The summed E-state index contributed by atoms with van der Waals surface area (Å²) in [5.41, 5.74) is -0.173. The minimum Gasteiger partial charge on any atom is -0.458 e. The van der Waals surface area contributed by atoms with Crippen molar-refractivity contribution in [1.82, 2.24) is 14.8 Å². The number of aliphatic hydroxyl groups is 1. The summed E-state index contributed by atoms with van der Waals surface area (Å²) in [6.45, 7) is 8.28. The Balaban J connectivity index is 2.12. The Labute approximate surface area is 106 Å². The molecule has 2 aromatic heterocycles. The first-order chi connectivity index (χ1) is 8.36. The summed E-state index contributed by atoms with van der Waals surface area (Å²) in [6, 6.07) is 3.72. The predicted octanol–water partition coefficient (Wildman–Crippen LogP) is 2.25. The normalized spacial score (nSPS) is 13.8. The Bertz CT molecular complexity index is 522. The average Bonchev–Trinajstić information content (AvgIpc) is 2.85. The van der Waals surface area contributed by atoms with Crippen LogP contribution < -0.4 is 0 Å². The van der Waals surface area contributed by atoms with Crippen LogP contribution in [0.1, 0.15) is 26.5 Å². The largest absolute Gasteiger partial charge is 0.458 e. The maximum absolute atomic E-state index is 10.0. The van der Waals surface area contributed by atoms with E-state index in [1.807, 2.05) is 39.8 Å². The molecule has 0 aliphatic rings. The third kappa shape index (κ3) is 2.79. The fourth-order valence-corrected chi connectivity index (χ4v) is 1.50. The Morgan fingerprint density at radius 1 is 1.39 bits per heavy atom. The van der Waals surface area contributed by atoms with Gasteiger partial charge in [-0.15, -0.1) is 5.10 Å². The van der Waals surface area contributed by atoms with E-state index in [0.717, 1.165) is 5.76 Å². The van der Waals surface area contributed by atoms with E-state index in [-0.39, 0.29) is 5.41 Å². The number of nitrogens with zero attached hydrogens (tertiary/aromatic N) is 3. The summed E-state index contributed by atoms with van der Waals surface area (Å²) in [5.74, 6) is 2.02. The van der Waals surface area contributed by atoms with Gasteiger partial charge in [-0.2, -0.15) is 0 Å². The minimum absolute atomic E-state index is 0.173. The van der Waals surface area contributed by atoms with Crippen molar-refractivity contribution in [3.63, 3.8) is 0 Å². The van der Waals surface area contributed by atoms with Crippen molar-refractivity contribution >= 4 is 0 Å². The molecule has 2 rings (SSSR count). The van der Waals surface area contributed by atoms with Crippen molar-refractivity contribution in [1.29, 1.82) is 0 Å². The summed E-state index contributed by atoms with van der Waals surface area (Å²) in [5, 5.41) is 14.3. The zero-order chi connectivity index (χ0) is 13.3. The standard InChI is InChI=1S/C13H19N3O2/c1-9-5-6-10(18-9)12-14-8-16(15-12)7-11(17)13(2,3)4/h5-6,8,11,17H,7H2,1-4H3. The Morgan fingerprint density at radius 3 is 2.67 bits per heavy atom. The molecule has 0 saturated carbocycles. The molecule has 1 atom stereocenters. The number of aliphatic hydroxyl groups excluding tert-OH is 1. The SMILES string of the molecule is Cc1ccc(-c2ncn(CC(O)C(C)(C)C)n2)o1. The molecule has 5 heteroatoms. The fraction of sp³-hybridized carbons (Fsp3) is 0.538. The van der Waals surface area contributed by atoms with E-state index in [2.05, 4.69) is 10.1 Å². The van der Waals surface area contributed by atoms with Gasteiger partial charge in [0.25, 0.3) is 0 Å². The molecular formula is C13H19N3O2. The highest BCUT2D eigenvalue weighted by Gasteiger charge is 2.23. The summed E-state index contributed by atoms with van der Waals surface area (Å²) < 4.78 is 7.10. The summed E-state index contributed by atoms with van der Waals surface area (Å²) in [6.07, 6.45) is 1.15. The second-order valence-electron chi connectivity index (χ2n) is 5.58. The van der Waals surface area contributed by atoms with Gasteiger partial charge in [0.15, 0.2) is 5.76 Å². The van der Waals surface area contributed by atoms with E-state index in [9.17, 15) is 5.11 Å². The highest BCUT2D eigenvalue weighted by Crippen LogP contribution is 2.21.